The van der Waals surface area contributed by atoms with Gasteiger partial charge in [-0.25, -0.2) is 0 Å². The van der Waals surface area contributed by atoms with Gasteiger partial charge in [0.1, 0.15) is 5.75 Å². The molecule has 0 saturated heterocycles. The molecule has 0 fully saturated rings. The molecule has 3 rings (SSSR count). The number of H-pyrrole nitrogens is 1. The fraction of sp³-hybridized carbons (Fsp3) is 0.263. The molecule has 1 heterocycles. The zero-order chi connectivity index (χ0) is 15.5. The van der Waals surface area contributed by atoms with Gasteiger partial charge in [0, 0.05) is 22.5 Å². The van der Waals surface area contributed by atoms with E-state index in [1.54, 1.807) is 7.11 Å². The van der Waals surface area contributed by atoms with Crippen LogP contribution in [0.1, 0.15) is 22.7 Å². The number of fused-ring (bicyclic) bond motifs is 1. The average molecular weight is 294 g/mol. The Hall–Kier alpha value is -2.26. The maximum absolute atomic E-state index is 6.04. The van der Waals surface area contributed by atoms with E-state index in [1.807, 2.05) is 12.1 Å². The van der Waals surface area contributed by atoms with E-state index in [0.717, 1.165) is 12.2 Å². The van der Waals surface area contributed by atoms with Crippen LogP contribution in [-0.4, -0.2) is 18.6 Å². The van der Waals surface area contributed by atoms with Crippen molar-refractivity contribution in [2.45, 2.75) is 19.3 Å². The smallest absolute Gasteiger partial charge is 0.118 e. The Balaban J connectivity index is 1.92. The van der Waals surface area contributed by atoms with Gasteiger partial charge >= 0.3 is 0 Å². The van der Waals surface area contributed by atoms with Crippen LogP contribution in [0.5, 0.6) is 5.75 Å². The quantitative estimate of drug-likeness (QED) is 0.752. The lowest BCUT2D eigenvalue weighted by Gasteiger charge is -2.16. The summed E-state index contributed by atoms with van der Waals surface area (Å²) in [5, 5.41) is 1.30. The van der Waals surface area contributed by atoms with E-state index in [9.17, 15) is 0 Å². The Bertz CT molecular complexity index is 759. The van der Waals surface area contributed by atoms with E-state index in [4.69, 9.17) is 10.5 Å². The molecule has 0 aliphatic heterocycles. The van der Waals surface area contributed by atoms with Crippen molar-refractivity contribution in [2.75, 3.05) is 13.7 Å². The summed E-state index contributed by atoms with van der Waals surface area (Å²) >= 11 is 0. The molecule has 114 valence electrons. The van der Waals surface area contributed by atoms with Crippen molar-refractivity contribution in [2.24, 2.45) is 5.73 Å². The van der Waals surface area contributed by atoms with Crippen LogP contribution in [0.25, 0.3) is 10.9 Å². The fourth-order valence-electron chi connectivity index (χ4n) is 3.06. The highest BCUT2D eigenvalue weighted by Crippen LogP contribution is 2.28. The van der Waals surface area contributed by atoms with Crippen molar-refractivity contribution in [3.63, 3.8) is 0 Å². The van der Waals surface area contributed by atoms with Crippen LogP contribution < -0.4 is 10.5 Å². The number of methoxy groups -OCH3 is 1. The van der Waals surface area contributed by atoms with Gasteiger partial charge in [0.25, 0.3) is 0 Å². The van der Waals surface area contributed by atoms with Crippen LogP contribution in [0.3, 0.4) is 0 Å². The molecule has 3 aromatic rings. The number of hydrogen-bond acceptors (Lipinski definition) is 2. The van der Waals surface area contributed by atoms with Crippen molar-refractivity contribution < 1.29 is 4.74 Å². The first-order valence-electron chi connectivity index (χ1n) is 7.63. The molecule has 3 N–H and O–H groups in total. The number of hydrogen-bond donors (Lipinski definition) is 2. The summed E-state index contributed by atoms with van der Waals surface area (Å²) in [5.74, 6) is 1.19. The predicted molar refractivity (Wildman–Crippen MR) is 91.5 cm³/mol. The number of nitrogens with one attached hydrogen (secondary N) is 1. The van der Waals surface area contributed by atoms with Crippen molar-refractivity contribution in [3.05, 3.63) is 65.4 Å². The molecule has 1 aromatic heterocycles. The summed E-state index contributed by atoms with van der Waals surface area (Å²) in [6.07, 6.45) is 0.943. The summed E-state index contributed by atoms with van der Waals surface area (Å²) in [5.41, 5.74) is 11.1. The summed E-state index contributed by atoms with van der Waals surface area (Å²) in [6, 6.07) is 16.7. The second kappa shape index (κ2) is 6.24. The molecule has 1 atom stereocenters. The van der Waals surface area contributed by atoms with Gasteiger partial charge in [-0.05, 0) is 49.2 Å². The van der Waals surface area contributed by atoms with Gasteiger partial charge in [0.2, 0.25) is 0 Å². The zero-order valence-corrected chi connectivity index (χ0v) is 13.1. The van der Waals surface area contributed by atoms with Crippen LogP contribution in [-0.2, 0) is 6.42 Å². The number of ether oxygens (including phenoxy) is 1. The summed E-state index contributed by atoms with van der Waals surface area (Å²) in [6.45, 7) is 2.77. The molecular weight excluding hydrogens is 272 g/mol. The average Bonchev–Trinajstić information content (AvgIpc) is 2.88. The standard InChI is InChI=1S/C19H22N2O/c1-13-18(17-5-3-4-6-19(17)21-13)11-15(12-20)14-7-9-16(22-2)10-8-14/h3-10,15,21H,11-12,20H2,1-2H3. The van der Waals surface area contributed by atoms with Gasteiger partial charge in [-0.1, -0.05) is 30.3 Å². The third-order valence-electron chi connectivity index (χ3n) is 4.35. The number of rotatable bonds is 5. The van der Waals surface area contributed by atoms with Crippen LogP contribution in [0.2, 0.25) is 0 Å². The largest absolute Gasteiger partial charge is 0.497 e. The number of aromatic nitrogens is 1. The molecule has 0 saturated carbocycles. The Morgan fingerprint density at radius 1 is 1.09 bits per heavy atom. The topological polar surface area (TPSA) is 51.0 Å². The van der Waals surface area contributed by atoms with Crippen molar-refractivity contribution in [1.29, 1.82) is 0 Å². The maximum atomic E-state index is 6.04. The van der Waals surface area contributed by atoms with Gasteiger partial charge in [0.05, 0.1) is 7.11 Å². The lowest BCUT2D eigenvalue weighted by atomic mass is 9.91. The minimum absolute atomic E-state index is 0.309. The van der Waals surface area contributed by atoms with Gasteiger partial charge in [-0.15, -0.1) is 0 Å². The number of aryl methyl sites for hydroxylation is 1. The van der Waals surface area contributed by atoms with E-state index >= 15 is 0 Å². The lowest BCUT2D eigenvalue weighted by Crippen LogP contribution is -2.15. The number of aromatic amines is 1. The number of benzene rings is 2. The molecule has 0 amide bonds. The predicted octanol–water partition coefficient (Wildman–Crippen LogP) is 3.77. The third-order valence-corrected chi connectivity index (χ3v) is 4.35. The van der Waals surface area contributed by atoms with E-state index in [0.29, 0.717) is 12.5 Å². The summed E-state index contributed by atoms with van der Waals surface area (Å²) in [4.78, 5) is 3.47. The SMILES string of the molecule is COc1ccc(C(CN)Cc2c(C)[nH]c3ccccc23)cc1. The van der Waals surface area contributed by atoms with E-state index < -0.39 is 0 Å². The Morgan fingerprint density at radius 3 is 2.50 bits per heavy atom. The monoisotopic (exact) mass is 294 g/mol. The first-order valence-corrected chi connectivity index (χ1v) is 7.63. The Labute approximate surface area is 131 Å². The second-order valence-electron chi connectivity index (χ2n) is 5.68. The molecule has 0 aliphatic rings. The van der Waals surface area contributed by atoms with Gasteiger partial charge in [-0.3, -0.25) is 0 Å². The Kier molecular flexibility index (Phi) is 4.16. The summed E-state index contributed by atoms with van der Waals surface area (Å²) < 4.78 is 5.23. The number of para-hydroxylation sites is 1. The summed E-state index contributed by atoms with van der Waals surface area (Å²) in [7, 11) is 1.69. The highest BCUT2D eigenvalue weighted by Gasteiger charge is 2.15. The third kappa shape index (κ3) is 2.72. The molecule has 1 unspecified atom stereocenters. The van der Waals surface area contributed by atoms with Gasteiger partial charge < -0.3 is 15.5 Å². The van der Waals surface area contributed by atoms with Crippen molar-refractivity contribution in [1.82, 2.24) is 4.98 Å². The highest BCUT2D eigenvalue weighted by molar-refractivity contribution is 5.84. The van der Waals surface area contributed by atoms with Gasteiger partial charge in [0.15, 0.2) is 0 Å². The first-order chi connectivity index (χ1) is 10.7. The molecule has 0 radical (unpaired) electrons. The normalized spacial score (nSPS) is 12.5. The minimum atomic E-state index is 0.309. The van der Waals surface area contributed by atoms with Crippen molar-refractivity contribution in [3.8, 4) is 5.75 Å². The fourth-order valence-corrected chi connectivity index (χ4v) is 3.06. The van der Waals surface area contributed by atoms with Crippen molar-refractivity contribution >= 4 is 10.9 Å². The van der Waals surface area contributed by atoms with E-state index in [-0.39, 0.29) is 0 Å². The van der Waals surface area contributed by atoms with Gasteiger partial charge in [-0.2, -0.15) is 0 Å². The molecular formula is C19H22N2O. The molecule has 0 aliphatic carbocycles. The molecule has 0 spiro atoms. The molecule has 3 heteroatoms. The van der Waals surface area contributed by atoms with Crippen LogP contribution in [0.4, 0.5) is 0 Å². The molecule has 3 nitrogen and oxygen atoms in total. The first kappa shape index (κ1) is 14.7. The van der Waals surface area contributed by atoms with E-state index in [2.05, 4.69) is 48.3 Å². The maximum Gasteiger partial charge on any atom is 0.118 e. The molecule has 2 aromatic carbocycles. The number of nitrogens with two attached hydrogens (primary N) is 1. The molecule has 22 heavy (non-hydrogen) atoms. The Morgan fingerprint density at radius 2 is 1.82 bits per heavy atom. The zero-order valence-electron chi connectivity index (χ0n) is 13.1. The lowest BCUT2D eigenvalue weighted by molar-refractivity contribution is 0.414. The van der Waals surface area contributed by atoms with Crippen LogP contribution in [0.15, 0.2) is 48.5 Å². The highest BCUT2D eigenvalue weighted by atomic mass is 16.5. The minimum Gasteiger partial charge on any atom is -0.497 e. The van der Waals surface area contributed by atoms with Crippen LogP contribution >= 0.6 is 0 Å². The van der Waals surface area contributed by atoms with Crippen LogP contribution in [0, 0.1) is 6.92 Å². The molecule has 0 bridgehead atoms. The second-order valence-corrected chi connectivity index (χ2v) is 5.68. The van der Waals surface area contributed by atoms with E-state index in [1.165, 1.54) is 27.7 Å².